The molecule has 1 aliphatic heterocycles. The lowest BCUT2D eigenvalue weighted by atomic mass is 10.1. The summed E-state index contributed by atoms with van der Waals surface area (Å²) in [6, 6.07) is 12.5. The minimum atomic E-state index is -3.87. The third kappa shape index (κ3) is 5.40. The molecule has 2 amide bonds. The molecule has 1 atom stereocenters. The highest BCUT2D eigenvalue weighted by Gasteiger charge is 2.35. The number of sulfone groups is 1. The standard InChI is InChI=1S/C21H21NO8S/c1-14-3-5-15(6-4-14)18(29-21(25)30-22-19(23)11-12-20(22)24)13-31(26,27)17-9-7-16(28-2)8-10-17/h3-10,18H,11-13H2,1-2H3. The third-order valence-electron chi connectivity index (χ3n) is 4.65. The summed E-state index contributed by atoms with van der Waals surface area (Å²) in [6.45, 7) is 1.85. The van der Waals surface area contributed by atoms with Crippen molar-refractivity contribution in [2.24, 2.45) is 0 Å². The first kappa shape index (κ1) is 22.3. The van der Waals surface area contributed by atoms with Gasteiger partial charge in [0.1, 0.15) is 11.9 Å². The highest BCUT2D eigenvalue weighted by atomic mass is 32.2. The quantitative estimate of drug-likeness (QED) is 0.470. The number of rotatable bonds is 7. The second-order valence-electron chi connectivity index (χ2n) is 6.90. The lowest BCUT2D eigenvalue weighted by Gasteiger charge is -2.20. The van der Waals surface area contributed by atoms with Gasteiger partial charge >= 0.3 is 6.16 Å². The van der Waals surface area contributed by atoms with Crippen molar-refractivity contribution >= 4 is 27.8 Å². The highest BCUT2D eigenvalue weighted by molar-refractivity contribution is 7.91. The molecule has 2 aromatic rings. The largest absolute Gasteiger partial charge is 0.534 e. The van der Waals surface area contributed by atoms with Gasteiger partial charge in [-0.05, 0) is 36.8 Å². The Labute approximate surface area is 179 Å². The molecule has 2 aromatic carbocycles. The first-order valence-corrected chi connectivity index (χ1v) is 11.0. The fraction of sp³-hybridized carbons (Fsp3) is 0.286. The second-order valence-corrected chi connectivity index (χ2v) is 8.93. The summed E-state index contributed by atoms with van der Waals surface area (Å²) in [5, 5.41) is 0.340. The summed E-state index contributed by atoms with van der Waals surface area (Å²) in [4.78, 5) is 40.3. The van der Waals surface area contributed by atoms with Gasteiger partial charge in [0.25, 0.3) is 11.8 Å². The Morgan fingerprint density at radius 2 is 1.58 bits per heavy atom. The Hall–Kier alpha value is -3.40. The van der Waals surface area contributed by atoms with E-state index >= 15 is 0 Å². The number of hydroxylamine groups is 2. The Balaban J connectivity index is 1.82. The molecule has 31 heavy (non-hydrogen) atoms. The van der Waals surface area contributed by atoms with Gasteiger partial charge in [0.15, 0.2) is 9.84 Å². The zero-order valence-corrected chi connectivity index (χ0v) is 17.8. The van der Waals surface area contributed by atoms with Crippen LogP contribution in [0, 0.1) is 6.92 Å². The molecule has 1 saturated heterocycles. The molecule has 9 nitrogen and oxygen atoms in total. The Morgan fingerprint density at radius 3 is 2.13 bits per heavy atom. The molecule has 10 heteroatoms. The van der Waals surface area contributed by atoms with Crippen LogP contribution in [0.5, 0.6) is 5.75 Å². The van der Waals surface area contributed by atoms with Crippen LogP contribution in [0.1, 0.15) is 30.1 Å². The van der Waals surface area contributed by atoms with Crippen molar-refractivity contribution in [1.82, 2.24) is 5.06 Å². The lowest BCUT2D eigenvalue weighted by Crippen LogP contribution is -2.33. The topological polar surface area (TPSA) is 116 Å². The monoisotopic (exact) mass is 447 g/mol. The fourth-order valence-corrected chi connectivity index (χ4v) is 4.33. The number of imide groups is 1. The maximum Gasteiger partial charge on any atom is 0.534 e. The fourth-order valence-electron chi connectivity index (χ4n) is 2.93. The summed E-state index contributed by atoms with van der Waals surface area (Å²) < 4.78 is 36.1. The van der Waals surface area contributed by atoms with Crippen LogP contribution in [-0.2, 0) is 29.0 Å². The summed E-state index contributed by atoms with van der Waals surface area (Å²) >= 11 is 0. The molecular weight excluding hydrogens is 426 g/mol. The molecule has 0 aromatic heterocycles. The first-order chi connectivity index (χ1) is 14.7. The molecule has 0 bridgehead atoms. The predicted octanol–water partition coefficient (Wildman–Crippen LogP) is 2.74. The van der Waals surface area contributed by atoms with E-state index in [-0.39, 0.29) is 17.7 Å². The molecule has 1 aliphatic rings. The van der Waals surface area contributed by atoms with Crippen LogP contribution in [-0.4, -0.2) is 44.3 Å². The number of benzene rings is 2. The van der Waals surface area contributed by atoms with Gasteiger partial charge in [0.05, 0.1) is 17.8 Å². The number of amides is 2. The first-order valence-electron chi connectivity index (χ1n) is 9.37. The van der Waals surface area contributed by atoms with Crippen LogP contribution in [0.2, 0.25) is 0 Å². The van der Waals surface area contributed by atoms with Crippen molar-refractivity contribution in [3.63, 3.8) is 0 Å². The summed E-state index contributed by atoms with van der Waals surface area (Å²) in [5.74, 6) is -1.41. The number of aryl methyl sites for hydroxylation is 1. The van der Waals surface area contributed by atoms with E-state index in [1.165, 1.54) is 31.4 Å². The summed E-state index contributed by atoms with van der Waals surface area (Å²) in [6.07, 6.45) is -2.72. The third-order valence-corrected chi connectivity index (χ3v) is 6.38. The average molecular weight is 447 g/mol. The van der Waals surface area contributed by atoms with Crippen molar-refractivity contribution in [2.45, 2.75) is 30.8 Å². The van der Waals surface area contributed by atoms with Crippen molar-refractivity contribution in [1.29, 1.82) is 0 Å². The zero-order valence-electron chi connectivity index (χ0n) is 16.9. The average Bonchev–Trinajstić information content (AvgIpc) is 3.05. The molecular formula is C21H21NO8S. The van der Waals surface area contributed by atoms with E-state index in [0.29, 0.717) is 16.4 Å². The SMILES string of the molecule is COc1ccc(S(=O)(=O)CC(OC(=O)ON2C(=O)CCC2=O)c2ccc(C)cc2)cc1. The number of hydrogen-bond acceptors (Lipinski definition) is 8. The lowest BCUT2D eigenvalue weighted by molar-refractivity contribution is -0.178. The second kappa shape index (κ2) is 9.17. The van der Waals surface area contributed by atoms with Gasteiger partial charge in [-0.15, -0.1) is 0 Å². The molecule has 0 aliphatic carbocycles. The molecule has 1 unspecified atom stereocenters. The smallest absolute Gasteiger partial charge is 0.497 e. The van der Waals surface area contributed by atoms with E-state index in [0.717, 1.165) is 5.56 Å². The van der Waals surface area contributed by atoms with Crippen LogP contribution in [0.15, 0.2) is 53.4 Å². The minimum Gasteiger partial charge on any atom is -0.497 e. The van der Waals surface area contributed by atoms with Crippen LogP contribution in [0.4, 0.5) is 4.79 Å². The van der Waals surface area contributed by atoms with Gasteiger partial charge in [-0.2, -0.15) is 0 Å². The number of ether oxygens (including phenoxy) is 2. The highest BCUT2D eigenvalue weighted by Crippen LogP contribution is 2.26. The van der Waals surface area contributed by atoms with Gasteiger partial charge in [-0.25, -0.2) is 13.2 Å². The number of nitrogens with zero attached hydrogens (tertiary/aromatic N) is 1. The molecule has 0 spiro atoms. The minimum absolute atomic E-state index is 0.0206. The van der Waals surface area contributed by atoms with Crippen molar-refractivity contribution in [3.8, 4) is 5.75 Å². The van der Waals surface area contributed by atoms with E-state index in [1.807, 2.05) is 6.92 Å². The van der Waals surface area contributed by atoms with Gasteiger partial charge in [0.2, 0.25) is 0 Å². The van der Waals surface area contributed by atoms with Gasteiger partial charge in [0, 0.05) is 12.8 Å². The van der Waals surface area contributed by atoms with Crippen molar-refractivity contribution in [3.05, 3.63) is 59.7 Å². The van der Waals surface area contributed by atoms with Crippen LogP contribution in [0.3, 0.4) is 0 Å². The molecule has 0 radical (unpaired) electrons. The van der Waals surface area contributed by atoms with E-state index < -0.39 is 39.7 Å². The van der Waals surface area contributed by atoms with Crippen LogP contribution < -0.4 is 4.74 Å². The van der Waals surface area contributed by atoms with Crippen LogP contribution in [0.25, 0.3) is 0 Å². The molecule has 1 heterocycles. The van der Waals surface area contributed by atoms with Gasteiger partial charge in [-0.1, -0.05) is 34.9 Å². The zero-order chi connectivity index (χ0) is 22.6. The Morgan fingerprint density at radius 1 is 1.00 bits per heavy atom. The Kier molecular flexibility index (Phi) is 6.59. The van der Waals surface area contributed by atoms with Gasteiger partial charge < -0.3 is 9.47 Å². The van der Waals surface area contributed by atoms with Crippen molar-refractivity contribution in [2.75, 3.05) is 12.9 Å². The maximum atomic E-state index is 12.9. The Bertz CT molecular complexity index is 1060. The van der Waals surface area contributed by atoms with Crippen LogP contribution >= 0.6 is 0 Å². The van der Waals surface area contributed by atoms with E-state index in [9.17, 15) is 22.8 Å². The maximum absolute atomic E-state index is 12.9. The van der Waals surface area contributed by atoms with Gasteiger partial charge in [-0.3, -0.25) is 14.4 Å². The van der Waals surface area contributed by atoms with Crippen molar-refractivity contribution < 1.29 is 37.1 Å². The normalized spacial score (nSPS) is 15.0. The molecule has 3 rings (SSSR count). The number of methoxy groups -OCH3 is 1. The number of carbonyl (C=O) groups excluding carboxylic acids is 3. The number of hydrogen-bond donors (Lipinski definition) is 0. The molecule has 1 fully saturated rings. The predicted molar refractivity (Wildman–Crippen MR) is 108 cm³/mol. The summed E-state index contributed by atoms with van der Waals surface area (Å²) in [5.41, 5.74) is 1.34. The number of carbonyl (C=O) groups is 3. The molecule has 164 valence electrons. The summed E-state index contributed by atoms with van der Waals surface area (Å²) in [7, 11) is -2.41. The van der Waals surface area contributed by atoms with E-state index in [2.05, 4.69) is 0 Å². The van der Waals surface area contributed by atoms with E-state index in [4.69, 9.17) is 14.3 Å². The molecule has 0 saturated carbocycles. The van der Waals surface area contributed by atoms with E-state index in [1.54, 1.807) is 24.3 Å². The molecule has 0 N–H and O–H groups in total.